The molecule has 4 aliphatic heterocycles. The van der Waals surface area contributed by atoms with Gasteiger partial charge in [0.05, 0.1) is 46.8 Å². The molecule has 20 heteroatoms. The Morgan fingerprint density at radius 3 is 1.46 bits per heavy atom. The average Bonchev–Trinajstić information content (AvgIpc) is 4.29. The van der Waals surface area contributed by atoms with Crippen LogP contribution in [0.1, 0.15) is 107 Å². The summed E-state index contributed by atoms with van der Waals surface area (Å²) in [6.45, 7) is 1.42. The first kappa shape index (κ1) is 59.0. The Balaban J connectivity index is 0.000000211. The number of nitrogens with one attached hydrogen (secondary N) is 2. The first-order chi connectivity index (χ1) is 38.3. The van der Waals surface area contributed by atoms with E-state index in [0.717, 1.165) is 76.2 Å². The lowest BCUT2D eigenvalue weighted by Gasteiger charge is -2.35. The van der Waals surface area contributed by atoms with E-state index in [1.807, 2.05) is 30.3 Å². The molecule has 2 aliphatic carbocycles. The molecule has 0 aromatic heterocycles. The molecule has 9 rings (SSSR count). The lowest BCUT2D eigenvalue weighted by molar-refractivity contribution is -0.161. The van der Waals surface area contributed by atoms with Crippen LogP contribution in [-0.2, 0) is 81.4 Å². The smallest absolute Gasteiger partial charge is 0.331 e. The van der Waals surface area contributed by atoms with Crippen molar-refractivity contribution in [1.82, 2.24) is 20.4 Å². The van der Waals surface area contributed by atoms with Gasteiger partial charge in [-0.25, -0.2) is 9.59 Å². The van der Waals surface area contributed by atoms with Gasteiger partial charge in [-0.15, -0.1) is 0 Å². The fourth-order valence-corrected chi connectivity index (χ4v) is 12.0. The predicted molar refractivity (Wildman–Crippen MR) is 284 cm³/mol. The molecule has 2 saturated carbocycles. The molecule has 79 heavy (non-hydrogen) atoms. The predicted octanol–water partition coefficient (Wildman–Crippen LogP) is 4.76. The molecule has 4 amide bonds. The van der Waals surface area contributed by atoms with Crippen LogP contribution >= 0.6 is 0 Å². The minimum absolute atomic E-state index is 0.00889. The number of nitrogens with zero attached hydrogens (tertiary/aromatic N) is 2. The Bertz CT molecular complexity index is 2510. The normalized spacial score (nSPS) is 25.5. The van der Waals surface area contributed by atoms with Gasteiger partial charge in [-0.2, -0.15) is 0 Å². The molecule has 5 N–H and O–H groups in total. The minimum Gasteiger partial charge on any atom is -0.508 e. The third kappa shape index (κ3) is 15.6. The topological polar surface area (TPSA) is 258 Å². The fourth-order valence-electron chi connectivity index (χ4n) is 12.0. The summed E-state index contributed by atoms with van der Waals surface area (Å²) in [6, 6.07) is 19.4. The summed E-state index contributed by atoms with van der Waals surface area (Å²) in [5.74, 6) is -2.39. The average molecular weight is 1100 g/mol. The van der Waals surface area contributed by atoms with Crippen molar-refractivity contribution in [3.63, 3.8) is 0 Å². The number of esters is 2. The second kappa shape index (κ2) is 28.8. The van der Waals surface area contributed by atoms with Crippen LogP contribution in [0.15, 0.2) is 78.9 Å². The van der Waals surface area contributed by atoms with Crippen molar-refractivity contribution in [2.24, 2.45) is 11.8 Å². The van der Waals surface area contributed by atoms with Crippen molar-refractivity contribution in [1.29, 1.82) is 0 Å². The number of phenols is 2. The number of phenolic OH excluding ortho intramolecular Hbond substituents is 2. The molecule has 6 fully saturated rings. The zero-order valence-corrected chi connectivity index (χ0v) is 45.3. The lowest BCUT2D eigenvalue weighted by Crippen LogP contribution is -2.56. The lowest BCUT2D eigenvalue weighted by atomic mass is 9.83. The quantitative estimate of drug-likeness (QED) is 0.0712. The Morgan fingerprint density at radius 2 is 1.03 bits per heavy atom. The summed E-state index contributed by atoms with van der Waals surface area (Å²) in [5.41, 5.74) is 2.40. The number of fused-ring (bicyclic) bond motifs is 2. The molecule has 4 saturated heterocycles. The Labute approximate surface area is 461 Å². The maximum absolute atomic E-state index is 14.1. The summed E-state index contributed by atoms with van der Waals surface area (Å²) < 4.78 is 40.1. The van der Waals surface area contributed by atoms with Crippen LogP contribution in [0.3, 0.4) is 0 Å². The number of aromatic hydroxyl groups is 2. The largest absolute Gasteiger partial charge is 0.508 e. The second-order valence-corrected chi connectivity index (χ2v) is 21.5. The highest BCUT2D eigenvalue weighted by Gasteiger charge is 2.57. The maximum atomic E-state index is 14.1. The monoisotopic (exact) mass is 1100 g/mol. The number of ether oxygens (including phenoxy) is 7. The van der Waals surface area contributed by atoms with E-state index in [9.17, 15) is 39.0 Å². The van der Waals surface area contributed by atoms with Gasteiger partial charge < -0.3 is 68.9 Å². The van der Waals surface area contributed by atoms with E-state index < -0.39 is 73.1 Å². The number of amides is 4. The summed E-state index contributed by atoms with van der Waals surface area (Å²) in [4.78, 5) is 82.9. The highest BCUT2D eigenvalue weighted by atomic mass is 16.7. The molecule has 0 radical (unpaired) electrons. The summed E-state index contributed by atoms with van der Waals surface area (Å²) in [7, 11) is 2.57. The van der Waals surface area contributed by atoms with Crippen LogP contribution in [0.2, 0.25) is 0 Å². The van der Waals surface area contributed by atoms with Crippen LogP contribution < -0.4 is 10.6 Å². The summed E-state index contributed by atoms with van der Waals surface area (Å²) in [5, 5.41) is 34.5. The Morgan fingerprint density at radius 1 is 0.582 bits per heavy atom. The number of hydrogen-bond acceptors (Lipinski definition) is 16. The van der Waals surface area contributed by atoms with Gasteiger partial charge in [-0.3, -0.25) is 19.2 Å². The molecular weight excluding hydrogens is 1020 g/mol. The van der Waals surface area contributed by atoms with Gasteiger partial charge in [0.15, 0.2) is 24.7 Å². The van der Waals surface area contributed by atoms with Gasteiger partial charge in [0.25, 0.3) is 0 Å². The van der Waals surface area contributed by atoms with Crippen molar-refractivity contribution in [3.8, 4) is 11.5 Å². The molecule has 10 atom stereocenters. The number of likely N-dealkylation sites (tertiary alicyclic amines) is 2. The third-order valence-electron chi connectivity index (χ3n) is 15.9. The van der Waals surface area contributed by atoms with E-state index in [0.29, 0.717) is 43.6 Å². The number of aliphatic hydroxyl groups is 1. The van der Waals surface area contributed by atoms with Gasteiger partial charge in [-0.1, -0.05) is 93.1 Å². The first-order valence-electron chi connectivity index (χ1n) is 28.1. The number of methoxy groups -OCH3 is 2. The number of rotatable bonds is 21. The Hall–Kier alpha value is -6.16. The summed E-state index contributed by atoms with van der Waals surface area (Å²) >= 11 is 0. The van der Waals surface area contributed by atoms with Gasteiger partial charge in [-0.05, 0) is 91.3 Å². The van der Waals surface area contributed by atoms with Crippen LogP contribution in [0.25, 0.3) is 0 Å². The van der Waals surface area contributed by atoms with E-state index in [2.05, 4.69) is 10.6 Å². The van der Waals surface area contributed by atoms with Crippen LogP contribution in [-0.4, -0.2) is 162 Å². The minimum atomic E-state index is -0.972. The van der Waals surface area contributed by atoms with E-state index in [1.165, 1.54) is 42.2 Å². The molecule has 6 aliphatic rings. The zero-order valence-electron chi connectivity index (χ0n) is 45.3. The van der Waals surface area contributed by atoms with E-state index in [-0.39, 0.29) is 79.5 Å². The molecular formula is C59H78N4O16. The van der Waals surface area contributed by atoms with Crippen LogP contribution in [0, 0.1) is 11.8 Å². The standard InChI is InChI=1S/C33H42N2O8.C26H36N2O8/c1-40-33(39)30-31-26(42-28(43-31)16-9-17-41-21-22-10-4-2-5-11-22)20-35(30)32(38)29(24-13-6-3-7-14-24)34-27(37)19-23-12-8-15-25(36)18-23;1-34-26(33)23-24-19(35-21(36-24)11-6-12-29)15-28(23)25(32)22(17-8-3-2-4-9-17)27-20(31)14-16-7-5-10-18(30)13-16/h2,4-5,8,10-12,15,18,24,26,28-31,36H,3,6-7,9,13-14,16-17,19-21H2,1H3,(H,34,37);5,7,10,13,17,19,21-24,29-30H,2-4,6,8-9,11-12,14-15H2,1H3,(H,27,31)/t26-,28?,29-,30-,31-;19-,21?,22-,23-,24-/m00/s1. The highest BCUT2D eigenvalue weighted by Crippen LogP contribution is 2.38. The highest BCUT2D eigenvalue weighted by molar-refractivity contribution is 5.93. The SMILES string of the molecule is COC(=O)[C@@H]1[C@H]2OC(CCCO)O[C@H]2CN1C(=O)[C@@H](NC(=O)Cc1cccc(O)c1)C1CCCCC1.COC(=O)[C@@H]1[C@H]2OC(CCCOCc3ccccc3)O[C@H]2CN1C(=O)[C@@H](NC(=O)Cc1cccc(O)c1)C1CCCCC1. The number of aliphatic hydroxyl groups excluding tert-OH is 1. The molecule has 0 bridgehead atoms. The van der Waals surface area contributed by atoms with Gasteiger partial charge in [0, 0.05) is 26.1 Å². The second-order valence-electron chi connectivity index (χ2n) is 21.5. The molecule has 3 aromatic rings. The molecule has 4 heterocycles. The van der Waals surface area contributed by atoms with Gasteiger partial charge in [0.1, 0.15) is 48.0 Å². The number of carbonyl (C=O) groups excluding carboxylic acids is 6. The number of benzene rings is 3. The van der Waals surface area contributed by atoms with Crippen molar-refractivity contribution >= 4 is 35.6 Å². The fraction of sp³-hybridized carbons (Fsp3) is 0.593. The van der Waals surface area contributed by atoms with Crippen molar-refractivity contribution in [3.05, 3.63) is 95.6 Å². The third-order valence-corrected chi connectivity index (χ3v) is 15.9. The van der Waals surface area contributed by atoms with E-state index in [1.54, 1.807) is 30.3 Å². The molecule has 3 aromatic carbocycles. The Kier molecular flexibility index (Phi) is 21.5. The van der Waals surface area contributed by atoms with Crippen molar-refractivity contribution in [2.45, 2.75) is 171 Å². The molecule has 0 spiro atoms. The number of carbonyl (C=O) groups is 6. The van der Waals surface area contributed by atoms with Crippen molar-refractivity contribution in [2.75, 3.05) is 40.5 Å². The van der Waals surface area contributed by atoms with Crippen LogP contribution in [0.5, 0.6) is 11.5 Å². The molecule has 2 unspecified atom stereocenters. The zero-order chi connectivity index (χ0) is 55.8. The van der Waals surface area contributed by atoms with Crippen molar-refractivity contribution < 1.29 is 77.2 Å². The summed E-state index contributed by atoms with van der Waals surface area (Å²) in [6.07, 6.45) is 8.35. The number of hydrogen-bond donors (Lipinski definition) is 5. The molecule has 20 nitrogen and oxygen atoms in total. The maximum Gasteiger partial charge on any atom is 0.331 e. The van der Waals surface area contributed by atoms with Gasteiger partial charge >= 0.3 is 11.9 Å². The molecule has 430 valence electrons. The van der Waals surface area contributed by atoms with E-state index >= 15 is 0 Å². The van der Waals surface area contributed by atoms with Gasteiger partial charge in [0.2, 0.25) is 23.6 Å². The van der Waals surface area contributed by atoms with Crippen LogP contribution in [0.4, 0.5) is 0 Å². The van der Waals surface area contributed by atoms with E-state index in [4.69, 9.17) is 38.3 Å². The first-order valence-corrected chi connectivity index (χ1v) is 28.1.